The van der Waals surface area contributed by atoms with Gasteiger partial charge in [0.15, 0.2) is 0 Å². The minimum Gasteiger partial charge on any atom is -0.488 e. The first-order valence-electron chi connectivity index (χ1n) is 6.67. The van der Waals surface area contributed by atoms with Crippen LogP contribution in [-0.4, -0.2) is 42.4 Å². The molecule has 3 nitrogen and oxygen atoms in total. The lowest BCUT2D eigenvalue weighted by Crippen LogP contribution is -2.31. The summed E-state index contributed by atoms with van der Waals surface area (Å²) in [7, 11) is 2.09. The summed E-state index contributed by atoms with van der Waals surface area (Å²) in [6.45, 7) is 6.09. The molecule has 0 radical (unpaired) electrons. The van der Waals surface area contributed by atoms with Gasteiger partial charge in [-0.25, -0.2) is 0 Å². The largest absolute Gasteiger partial charge is 0.488 e. The molecule has 0 amide bonds. The Morgan fingerprint density at radius 1 is 1.17 bits per heavy atom. The van der Waals surface area contributed by atoms with Crippen LogP contribution in [0.4, 0.5) is 0 Å². The number of benzene rings is 1. The van der Waals surface area contributed by atoms with Crippen LogP contribution < -0.4 is 4.74 Å². The Hall–Kier alpha value is -1.06. The molecule has 1 aliphatic rings. The first-order chi connectivity index (χ1) is 8.56. The van der Waals surface area contributed by atoms with E-state index in [1.807, 2.05) is 6.07 Å². The maximum Gasteiger partial charge on any atom is 0.126 e. The van der Waals surface area contributed by atoms with Crippen molar-refractivity contribution in [2.24, 2.45) is 0 Å². The summed E-state index contributed by atoms with van der Waals surface area (Å²) in [6.07, 6.45) is 1.21. The third kappa shape index (κ3) is 3.24. The number of ether oxygens (including phenoxy) is 1. The van der Waals surface area contributed by atoms with E-state index >= 15 is 0 Å². The van der Waals surface area contributed by atoms with Gasteiger partial charge in [-0.2, -0.15) is 0 Å². The van der Waals surface area contributed by atoms with Crippen LogP contribution >= 0.6 is 0 Å². The van der Waals surface area contributed by atoms with E-state index in [9.17, 15) is 5.11 Å². The smallest absolute Gasteiger partial charge is 0.126 e. The molecule has 0 spiro atoms. The van der Waals surface area contributed by atoms with E-state index in [0.717, 1.165) is 31.7 Å². The second kappa shape index (κ2) is 5.72. The molecular formula is C15H23NO2. The summed E-state index contributed by atoms with van der Waals surface area (Å²) in [4.78, 5) is 2.24. The van der Waals surface area contributed by atoms with Crippen molar-refractivity contribution in [3.05, 3.63) is 29.3 Å². The average Bonchev–Trinajstić information content (AvgIpc) is 2.49. The molecule has 0 aromatic heterocycles. The Bertz CT molecular complexity index is 405. The Kier molecular flexibility index (Phi) is 4.25. The number of hydrogen-bond acceptors (Lipinski definition) is 3. The van der Waals surface area contributed by atoms with E-state index in [-0.39, 0.29) is 12.2 Å². The van der Waals surface area contributed by atoms with Gasteiger partial charge in [0.2, 0.25) is 0 Å². The lowest BCUT2D eigenvalue weighted by atomic mass is 10.1. The van der Waals surface area contributed by atoms with Crippen molar-refractivity contribution in [3.8, 4) is 5.75 Å². The highest BCUT2D eigenvalue weighted by molar-refractivity contribution is 5.34. The van der Waals surface area contributed by atoms with Crippen LogP contribution in [0.15, 0.2) is 18.2 Å². The molecule has 1 aliphatic heterocycles. The summed E-state index contributed by atoms with van der Waals surface area (Å²) >= 11 is 0. The monoisotopic (exact) mass is 249 g/mol. The van der Waals surface area contributed by atoms with Crippen LogP contribution in [0.25, 0.3) is 0 Å². The quantitative estimate of drug-likeness (QED) is 0.871. The molecular weight excluding hydrogens is 226 g/mol. The molecule has 0 unspecified atom stereocenters. The Morgan fingerprint density at radius 3 is 2.61 bits per heavy atom. The predicted octanol–water partition coefficient (Wildman–Crippen LogP) is 2.14. The van der Waals surface area contributed by atoms with Gasteiger partial charge in [0.05, 0.1) is 6.10 Å². The lowest BCUT2D eigenvalue weighted by Gasteiger charge is -2.22. The van der Waals surface area contributed by atoms with E-state index < -0.39 is 0 Å². The Labute approximate surface area is 109 Å². The number of hydrogen-bond donors (Lipinski definition) is 1. The van der Waals surface area contributed by atoms with E-state index in [1.165, 1.54) is 11.1 Å². The lowest BCUT2D eigenvalue weighted by molar-refractivity contribution is 0.0349. The SMILES string of the molecule is Cc1ccc(O[C@H]2CCN(C)CC[C@@H]2O)cc1C. The highest BCUT2D eigenvalue weighted by atomic mass is 16.5. The first kappa shape index (κ1) is 13.4. The van der Waals surface area contributed by atoms with Gasteiger partial charge in [-0.3, -0.25) is 0 Å². The average molecular weight is 249 g/mol. The van der Waals surface area contributed by atoms with Crippen LogP contribution in [0.5, 0.6) is 5.75 Å². The van der Waals surface area contributed by atoms with E-state index in [2.05, 4.69) is 37.9 Å². The molecule has 0 saturated carbocycles. The normalized spacial score (nSPS) is 25.8. The number of nitrogens with zero attached hydrogens (tertiary/aromatic N) is 1. The zero-order chi connectivity index (χ0) is 13.1. The van der Waals surface area contributed by atoms with Gasteiger partial charge >= 0.3 is 0 Å². The summed E-state index contributed by atoms with van der Waals surface area (Å²) in [5.74, 6) is 0.867. The van der Waals surface area contributed by atoms with Gasteiger partial charge in [0.1, 0.15) is 11.9 Å². The zero-order valence-corrected chi connectivity index (χ0v) is 11.5. The molecule has 1 fully saturated rings. The van der Waals surface area contributed by atoms with Crippen molar-refractivity contribution in [2.75, 3.05) is 20.1 Å². The van der Waals surface area contributed by atoms with Gasteiger partial charge in [-0.1, -0.05) is 6.07 Å². The molecule has 18 heavy (non-hydrogen) atoms. The summed E-state index contributed by atoms with van der Waals surface area (Å²) in [5.41, 5.74) is 2.50. The van der Waals surface area contributed by atoms with Gasteiger partial charge in [0, 0.05) is 13.1 Å². The molecule has 0 bridgehead atoms. The molecule has 1 aromatic rings. The van der Waals surface area contributed by atoms with Crippen LogP contribution in [0, 0.1) is 13.8 Å². The maximum atomic E-state index is 10.1. The summed E-state index contributed by atoms with van der Waals surface area (Å²) in [5, 5.41) is 10.1. The van der Waals surface area contributed by atoms with Crippen molar-refractivity contribution in [3.63, 3.8) is 0 Å². The second-order valence-corrected chi connectivity index (χ2v) is 5.35. The zero-order valence-electron chi connectivity index (χ0n) is 11.5. The minimum atomic E-state index is -0.364. The van der Waals surface area contributed by atoms with Crippen molar-refractivity contribution in [1.29, 1.82) is 0 Å². The molecule has 100 valence electrons. The predicted molar refractivity (Wildman–Crippen MR) is 73.1 cm³/mol. The molecule has 0 aliphatic carbocycles. The fourth-order valence-electron chi connectivity index (χ4n) is 2.29. The molecule has 1 saturated heterocycles. The van der Waals surface area contributed by atoms with E-state index in [0.29, 0.717) is 0 Å². The van der Waals surface area contributed by atoms with Gasteiger partial charge in [0.25, 0.3) is 0 Å². The highest BCUT2D eigenvalue weighted by Crippen LogP contribution is 2.21. The van der Waals surface area contributed by atoms with Crippen LogP contribution in [0.1, 0.15) is 24.0 Å². The van der Waals surface area contributed by atoms with Gasteiger partial charge in [-0.05, 0) is 57.0 Å². The van der Waals surface area contributed by atoms with E-state index in [4.69, 9.17) is 4.74 Å². The molecule has 3 heteroatoms. The number of aliphatic hydroxyl groups excluding tert-OH is 1. The first-order valence-corrected chi connectivity index (χ1v) is 6.67. The standard InChI is InChI=1S/C15H23NO2/c1-11-4-5-13(10-12(11)2)18-15-7-9-16(3)8-6-14(15)17/h4-5,10,14-15,17H,6-9H2,1-3H3/t14-,15-/m0/s1. The fraction of sp³-hybridized carbons (Fsp3) is 0.600. The summed E-state index contributed by atoms with van der Waals surface area (Å²) in [6, 6.07) is 6.11. The number of aliphatic hydroxyl groups is 1. The van der Waals surface area contributed by atoms with Gasteiger partial charge in [-0.15, -0.1) is 0 Å². The number of aryl methyl sites for hydroxylation is 2. The van der Waals surface area contributed by atoms with Gasteiger partial charge < -0.3 is 14.7 Å². The topological polar surface area (TPSA) is 32.7 Å². The van der Waals surface area contributed by atoms with E-state index in [1.54, 1.807) is 0 Å². The molecule has 1 aromatic carbocycles. The molecule has 1 N–H and O–H groups in total. The molecule has 1 heterocycles. The van der Waals surface area contributed by atoms with Crippen molar-refractivity contribution >= 4 is 0 Å². The van der Waals surface area contributed by atoms with Crippen molar-refractivity contribution < 1.29 is 9.84 Å². The van der Waals surface area contributed by atoms with Crippen molar-refractivity contribution in [2.45, 2.75) is 38.9 Å². The van der Waals surface area contributed by atoms with Crippen molar-refractivity contribution in [1.82, 2.24) is 4.90 Å². The van der Waals surface area contributed by atoms with Crippen LogP contribution in [0.2, 0.25) is 0 Å². The summed E-state index contributed by atoms with van der Waals surface area (Å²) < 4.78 is 5.96. The number of likely N-dealkylation sites (tertiary alicyclic amines) is 1. The third-order valence-corrected chi connectivity index (χ3v) is 3.80. The molecule has 2 atom stereocenters. The second-order valence-electron chi connectivity index (χ2n) is 5.35. The molecule has 2 rings (SSSR count). The minimum absolute atomic E-state index is 0.0861. The fourth-order valence-corrected chi connectivity index (χ4v) is 2.29. The highest BCUT2D eigenvalue weighted by Gasteiger charge is 2.25. The third-order valence-electron chi connectivity index (χ3n) is 3.80. The Morgan fingerprint density at radius 2 is 1.89 bits per heavy atom. The van der Waals surface area contributed by atoms with Crippen LogP contribution in [0.3, 0.4) is 0 Å². The number of rotatable bonds is 2. The van der Waals surface area contributed by atoms with Crippen LogP contribution in [-0.2, 0) is 0 Å². The Balaban J connectivity index is 2.05. The maximum absolute atomic E-state index is 10.1.